The number of anilines is 1. The fourth-order valence-corrected chi connectivity index (χ4v) is 4.15. The van der Waals surface area contributed by atoms with Crippen molar-refractivity contribution in [2.24, 2.45) is 0 Å². The standard InChI is InChI=1S/C16H13F2NO4S/c1-23-16(20)11-2-5-15-10(8-11)6-7-19(15)24(21,22)12-3-4-13(17)14(18)9-12/h2-5,8-9H,6-7H2,1H3. The first kappa shape index (κ1) is 16.4. The van der Waals surface area contributed by atoms with Crippen LogP contribution in [0.5, 0.6) is 0 Å². The molecule has 126 valence electrons. The zero-order chi connectivity index (χ0) is 17.5. The van der Waals surface area contributed by atoms with Gasteiger partial charge in [-0.3, -0.25) is 4.31 Å². The molecule has 3 rings (SSSR count). The molecule has 0 spiro atoms. The van der Waals surface area contributed by atoms with Crippen molar-refractivity contribution in [2.75, 3.05) is 18.0 Å². The number of hydrogen-bond donors (Lipinski definition) is 0. The van der Waals surface area contributed by atoms with Crippen molar-refractivity contribution in [1.29, 1.82) is 0 Å². The lowest BCUT2D eigenvalue weighted by Gasteiger charge is -2.19. The second-order valence-electron chi connectivity index (χ2n) is 5.24. The Morgan fingerprint density at radius 2 is 1.88 bits per heavy atom. The van der Waals surface area contributed by atoms with Crippen molar-refractivity contribution in [3.05, 3.63) is 59.2 Å². The van der Waals surface area contributed by atoms with Crippen LogP contribution in [0.25, 0.3) is 0 Å². The largest absolute Gasteiger partial charge is 0.465 e. The number of sulfonamides is 1. The molecule has 0 N–H and O–H groups in total. The first-order chi connectivity index (χ1) is 11.3. The minimum atomic E-state index is -4.02. The average Bonchev–Trinajstić information content (AvgIpc) is 3.00. The van der Waals surface area contributed by atoms with Gasteiger partial charge in [-0.15, -0.1) is 0 Å². The zero-order valence-corrected chi connectivity index (χ0v) is 13.4. The van der Waals surface area contributed by atoms with E-state index in [9.17, 15) is 22.0 Å². The van der Waals surface area contributed by atoms with Crippen LogP contribution in [0.3, 0.4) is 0 Å². The van der Waals surface area contributed by atoms with E-state index in [1.807, 2.05) is 0 Å². The molecule has 0 atom stereocenters. The van der Waals surface area contributed by atoms with Gasteiger partial charge in [-0.25, -0.2) is 22.0 Å². The Balaban J connectivity index is 2.01. The third kappa shape index (κ3) is 2.62. The Hall–Kier alpha value is -2.48. The lowest BCUT2D eigenvalue weighted by Crippen LogP contribution is -2.29. The summed E-state index contributed by atoms with van der Waals surface area (Å²) in [5, 5.41) is 0. The molecule has 0 saturated carbocycles. The van der Waals surface area contributed by atoms with E-state index in [2.05, 4.69) is 4.74 Å². The van der Waals surface area contributed by atoms with Crippen molar-refractivity contribution in [2.45, 2.75) is 11.3 Å². The molecule has 0 fully saturated rings. The van der Waals surface area contributed by atoms with Crippen molar-refractivity contribution < 1.29 is 26.7 Å². The molecule has 1 aliphatic rings. The van der Waals surface area contributed by atoms with Crippen molar-refractivity contribution in [3.63, 3.8) is 0 Å². The summed E-state index contributed by atoms with van der Waals surface area (Å²) >= 11 is 0. The van der Waals surface area contributed by atoms with Crippen LogP contribution in [-0.2, 0) is 21.2 Å². The van der Waals surface area contributed by atoms with Crippen molar-refractivity contribution in [3.8, 4) is 0 Å². The van der Waals surface area contributed by atoms with Gasteiger partial charge in [0.05, 0.1) is 23.3 Å². The summed E-state index contributed by atoms with van der Waals surface area (Å²) in [5.74, 6) is -2.85. The van der Waals surface area contributed by atoms with E-state index in [1.165, 1.54) is 19.2 Å². The molecule has 2 aromatic carbocycles. The molecule has 0 radical (unpaired) electrons. The number of halogens is 2. The van der Waals surface area contributed by atoms with E-state index in [0.717, 1.165) is 16.4 Å². The first-order valence-corrected chi connectivity index (χ1v) is 8.47. The number of benzene rings is 2. The van der Waals surface area contributed by atoms with Gasteiger partial charge >= 0.3 is 5.97 Å². The monoisotopic (exact) mass is 353 g/mol. The summed E-state index contributed by atoms with van der Waals surface area (Å²) in [6, 6.07) is 7.00. The van der Waals surface area contributed by atoms with E-state index in [1.54, 1.807) is 6.07 Å². The third-order valence-electron chi connectivity index (χ3n) is 3.83. The summed E-state index contributed by atoms with van der Waals surface area (Å²) in [6.07, 6.45) is 0.406. The Morgan fingerprint density at radius 3 is 2.54 bits per heavy atom. The molecular formula is C16H13F2NO4S. The number of nitrogens with zero attached hydrogens (tertiary/aromatic N) is 1. The fourth-order valence-electron chi connectivity index (χ4n) is 2.63. The molecule has 8 heteroatoms. The van der Waals surface area contributed by atoms with Crippen LogP contribution in [0.15, 0.2) is 41.3 Å². The van der Waals surface area contributed by atoms with Crippen LogP contribution in [0.2, 0.25) is 0 Å². The maximum Gasteiger partial charge on any atom is 0.337 e. The van der Waals surface area contributed by atoms with Crippen LogP contribution in [-0.4, -0.2) is 28.0 Å². The molecule has 0 bridgehead atoms. The van der Waals surface area contributed by atoms with Crippen LogP contribution in [0.4, 0.5) is 14.5 Å². The summed E-state index contributed by atoms with van der Waals surface area (Å²) < 4.78 is 57.5. The number of rotatable bonds is 3. The van der Waals surface area contributed by atoms with E-state index < -0.39 is 27.6 Å². The van der Waals surface area contributed by atoms with Gasteiger partial charge in [0.15, 0.2) is 11.6 Å². The molecule has 0 unspecified atom stereocenters. The SMILES string of the molecule is COC(=O)c1ccc2c(c1)CCN2S(=O)(=O)c1ccc(F)c(F)c1. The third-order valence-corrected chi connectivity index (χ3v) is 5.64. The van der Waals surface area contributed by atoms with Crippen LogP contribution in [0.1, 0.15) is 15.9 Å². The maximum atomic E-state index is 13.4. The van der Waals surface area contributed by atoms with Gasteiger partial charge in [0.2, 0.25) is 0 Å². The predicted molar refractivity (Wildman–Crippen MR) is 82.4 cm³/mol. The van der Waals surface area contributed by atoms with Crippen molar-refractivity contribution >= 4 is 21.7 Å². The zero-order valence-electron chi connectivity index (χ0n) is 12.6. The van der Waals surface area contributed by atoms with E-state index in [-0.39, 0.29) is 11.4 Å². The highest BCUT2D eigenvalue weighted by atomic mass is 32.2. The molecule has 1 heterocycles. The normalized spacial score (nSPS) is 13.7. The smallest absolute Gasteiger partial charge is 0.337 e. The molecule has 0 aromatic heterocycles. The summed E-state index contributed by atoms with van der Waals surface area (Å²) in [6.45, 7) is 0.154. The Morgan fingerprint density at radius 1 is 1.12 bits per heavy atom. The molecular weight excluding hydrogens is 340 g/mol. The van der Waals surface area contributed by atoms with Gasteiger partial charge in [-0.1, -0.05) is 0 Å². The Kier molecular flexibility index (Phi) is 4.00. The number of carbonyl (C=O) groups is 1. The quantitative estimate of drug-likeness (QED) is 0.796. The lowest BCUT2D eigenvalue weighted by molar-refractivity contribution is 0.0600. The highest BCUT2D eigenvalue weighted by Crippen LogP contribution is 2.34. The molecule has 0 saturated heterocycles. The highest BCUT2D eigenvalue weighted by molar-refractivity contribution is 7.92. The number of hydrogen-bond acceptors (Lipinski definition) is 4. The lowest BCUT2D eigenvalue weighted by atomic mass is 10.1. The van der Waals surface area contributed by atoms with Crippen molar-refractivity contribution in [1.82, 2.24) is 0 Å². The minimum Gasteiger partial charge on any atom is -0.465 e. The van der Waals surface area contributed by atoms with Crippen LogP contribution >= 0.6 is 0 Å². The first-order valence-electron chi connectivity index (χ1n) is 7.03. The topological polar surface area (TPSA) is 63.7 Å². The molecule has 2 aromatic rings. The number of fused-ring (bicyclic) bond motifs is 1. The molecule has 1 aliphatic heterocycles. The number of esters is 1. The predicted octanol–water partition coefficient (Wildman–Crippen LogP) is 2.50. The summed E-state index contributed by atoms with van der Waals surface area (Å²) in [7, 11) is -2.76. The Labute approximate surface area is 137 Å². The highest BCUT2D eigenvalue weighted by Gasteiger charge is 2.32. The number of carbonyl (C=O) groups excluding carboxylic acids is 1. The second kappa shape index (κ2) is 5.86. The summed E-state index contributed by atoms with van der Waals surface area (Å²) in [5.41, 5.74) is 1.40. The van der Waals surface area contributed by atoms with E-state index >= 15 is 0 Å². The second-order valence-corrected chi connectivity index (χ2v) is 7.10. The molecule has 5 nitrogen and oxygen atoms in total. The van der Waals surface area contributed by atoms with E-state index in [4.69, 9.17) is 0 Å². The molecule has 24 heavy (non-hydrogen) atoms. The maximum absolute atomic E-state index is 13.4. The number of ether oxygens (including phenoxy) is 1. The molecule has 0 amide bonds. The van der Waals surface area contributed by atoms with Crippen LogP contribution < -0.4 is 4.31 Å². The van der Waals surface area contributed by atoms with Crippen LogP contribution in [0, 0.1) is 11.6 Å². The van der Waals surface area contributed by atoms with Gasteiger partial charge in [-0.2, -0.15) is 0 Å². The Bertz CT molecular complexity index is 928. The average molecular weight is 353 g/mol. The van der Waals surface area contributed by atoms with Gasteiger partial charge in [0.25, 0.3) is 10.0 Å². The van der Waals surface area contributed by atoms with Gasteiger partial charge in [0, 0.05) is 6.54 Å². The summed E-state index contributed by atoms with van der Waals surface area (Å²) in [4.78, 5) is 11.2. The fraction of sp³-hybridized carbons (Fsp3) is 0.188. The van der Waals surface area contributed by atoms with Gasteiger partial charge in [0.1, 0.15) is 0 Å². The van der Waals surface area contributed by atoms with E-state index in [0.29, 0.717) is 29.3 Å². The van der Waals surface area contributed by atoms with Gasteiger partial charge in [-0.05, 0) is 48.4 Å². The number of methoxy groups -OCH3 is 1. The molecule has 0 aliphatic carbocycles. The minimum absolute atomic E-state index is 0.154. The van der Waals surface area contributed by atoms with Gasteiger partial charge < -0.3 is 4.74 Å².